The Balaban J connectivity index is 2.90. The third-order valence-electron chi connectivity index (χ3n) is 1.66. The van der Waals surface area contributed by atoms with E-state index in [1.807, 2.05) is 0 Å². The van der Waals surface area contributed by atoms with E-state index in [4.69, 9.17) is 0 Å². The molecule has 0 saturated heterocycles. The zero-order valence-corrected chi connectivity index (χ0v) is 8.35. The predicted molar refractivity (Wildman–Crippen MR) is 49.4 cm³/mol. The van der Waals surface area contributed by atoms with E-state index in [0.717, 1.165) is 0 Å². The zero-order chi connectivity index (χ0) is 10.1. The largest absolute Gasteiger partial charge is 0.545 e. The first-order valence-corrected chi connectivity index (χ1v) is 4.46. The highest BCUT2D eigenvalue weighted by molar-refractivity contribution is 9.10. The van der Waals surface area contributed by atoms with Crippen LogP contribution in [0.15, 0.2) is 23.1 Å². The molecule has 0 atom stereocenters. The molecule has 2 aromatic rings. The number of aromatic carboxylic acids is 1. The summed E-state index contributed by atoms with van der Waals surface area (Å²) in [7, 11) is 0. The molecule has 5 nitrogen and oxygen atoms in total. The number of carboxylic acid groups (broad SMARTS) is 1. The number of halogens is 1. The number of rotatable bonds is 1. The number of fused-ring (bicyclic) bond motifs is 1. The minimum atomic E-state index is -1.30. The van der Waals surface area contributed by atoms with E-state index in [-0.39, 0.29) is 16.7 Å². The van der Waals surface area contributed by atoms with Gasteiger partial charge in [0.1, 0.15) is 5.52 Å². The maximum atomic E-state index is 10.8. The Kier molecular flexibility index (Phi) is 2.12. The van der Waals surface area contributed by atoms with Gasteiger partial charge in [-0.15, -0.1) is 0 Å². The van der Waals surface area contributed by atoms with E-state index in [1.165, 1.54) is 18.6 Å². The Morgan fingerprint density at radius 1 is 1.29 bits per heavy atom. The first-order chi connectivity index (χ1) is 6.70. The molecule has 6 heteroatoms. The van der Waals surface area contributed by atoms with E-state index >= 15 is 0 Å². The summed E-state index contributed by atoms with van der Waals surface area (Å²) >= 11 is 3.07. The van der Waals surface area contributed by atoms with Crippen LogP contribution in [0.4, 0.5) is 0 Å². The standard InChI is InChI=1S/C8H4BrN3O2/c9-4-3-12-7-6(5(4)8(13)14)10-1-2-11-7/h1-3H,(H,13,14)/p-1. The summed E-state index contributed by atoms with van der Waals surface area (Å²) in [6.07, 6.45) is 4.22. The minimum Gasteiger partial charge on any atom is -0.545 e. The van der Waals surface area contributed by atoms with Gasteiger partial charge in [0.05, 0.1) is 5.97 Å². The summed E-state index contributed by atoms with van der Waals surface area (Å²) in [5, 5.41) is 10.8. The van der Waals surface area contributed by atoms with Gasteiger partial charge in [-0.1, -0.05) is 0 Å². The van der Waals surface area contributed by atoms with Crippen molar-refractivity contribution >= 4 is 33.1 Å². The highest BCUT2D eigenvalue weighted by Gasteiger charge is 2.09. The molecule has 2 heterocycles. The summed E-state index contributed by atoms with van der Waals surface area (Å²) < 4.78 is 0.338. The molecule has 0 aromatic carbocycles. The maximum absolute atomic E-state index is 10.8. The first kappa shape index (κ1) is 9.01. The SMILES string of the molecule is O=C([O-])c1c(Br)cnc2nccnc12. The van der Waals surface area contributed by atoms with Gasteiger partial charge in [-0.25, -0.2) is 9.97 Å². The Hall–Kier alpha value is -1.56. The van der Waals surface area contributed by atoms with Gasteiger partial charge in [-0.2, -0.15) is 0 Å². The highest BCUT2D eigenvalue weighted by Crippen LogP contribution is 2.20. The smallest absolute Gasteiger partial charge is 0.178 e. The Labute approximate surface area is 87.0 Å². The van der Waals surface area contributed by atoms with E-state index < -0.39 is 5.97 Å². The van der Waals surface area contributed by atoms with Crippen molar-refractivity contribution in [2.45, 2.75) is 0 Å². The van der Waals surface area contributed by atoms with E-state index in [0.29, 0.717) is 4.47 Å². The van der Waals surface area contributed by atoms with Crippen LogP contribution in [0.5, 0.6) is 0 Å². The third-order valence-corrected chi connectivity index (χ3v) is 2.26. The summed E-state index contributed by atoms with van der Waals surface area (Å²) in [5.41, 5.74) is 0.486. The molecule has 2 aromatic heterocycles. The normalized spacial score (nSPS) is 10.4. The second kappa shape index (κ2) is 3.30. The molecule has 0 aliphatic carbocycles. The van der Waals surface area contributed by atoms with Gasteiger partial charge in [0.2, 0.25) is 0 Å². The minimum absolute atomic E-state index is 0.0249. The van der Waals surface area contributed by atoms with Crippen molar-refractivity contribution in [2.75, 3.05) is 0 Å². The number of carbonyl (C=O) groups excluding carboxylic acids is 1. The van der Waals surface area contributed by atoms with Crippen molar-refractivity contribution < 1.29 is 9.90 Å². The van der Waals surface area contributed by atoms with Crippen LogP contribution in [0.2, 0.25) is 0 Å². The van der Waals surface area contributed by atoms with Crippen LogP contribution < -0.4 is 5.11 Å². The van der Waals surface area contributed by atoms with E-state index in [9.17, 15) is 9.90 Å². The fourth-order valence-corrected chi connectivity index (χ4v) is 1.54. The molecule has 0 aliphatic rings. The Bertz CT molecular complexity index is 515. The maximum Gasteiger partial charge on any atom is 0.178 e. The van der Waals surface area contributed by atoms with Crippen LogP contribution in [0.25, 0.3) is 11.2 Å². The summed E-state index contributed by atoms with van der Waals surface area (Å²) in [6.45, 7) is 0. The number of carbonyl (C=O) groups is 1. The molecule has 14 heavy (non-hydrogen) atoms. The van der Waals surface area contributed by atoms with Crippen molar-refractivity contribution in [2.24, 2.45) is 0 Å². The average molecular weight is 253 g/mol. The van der Waals surface area contributed by atoms with Crippen LogP contribution in [0.3, 0.4) is 0 Å². The van der Waals surface area contributed by atoms with Gasteiger partial charge in [0.15, 0.2) is 5.65 Å². The monoisotopic (exact) mass is 252 g/mol. The molecule has 2 rings (SSSR count). The molecular weight excluding hydrogens is 250 g/mol. The number of pyridine rings is 1. The molecule has 0 fully saturated rings. The molecule has 0 spiro atoms. The number of aromatic nitrogens is 3. The fraction of sp³-hybridized carbons (Fsp3) is 0. The summed E-state index contributed by atoms with van der Waals surface area (Å²) in [6, 6.07) is 0. The summed E-state index contributed by atoms with van der Waals surface area (Å²) in [5.74, 6) is -1.30. The average Bonchev–Trinajstić information content (AvgIpc) is 2.17. The van der Waals surface area contributed by atoms with Crippen molar-refractivity contribution in [3.8, 4) is 0 Å². The molecule has 0 saturated carbocycles. The molecule has 0 N–H and O–H groups in total. The number of nitrogens with zero attached hydrogens (tertiary/aromatic N) is 3. The fourth-order valence-electron chi connectivity index (χ4n) is 1.09. The van der Waals surface area contributed by atoms with Gasteiger partial charge in [-0.05, 0) is 15.9 Å². The van der Waals surface area contributed by atoms with E-state index in [2.05, 4.69) is 30.9 Å². The second-order valence-corrected chi connectivity index (χ2v) is 3.35. The Morgan fingerprint density at radius 2 is 2.00 bits per heavy atom. The first-order valence-electron chi connectivity index (χ1n) is 3.66. The number of hydrogen-bond donors (Lipinski definition) is 0. The zero-order valence-electron chi connectivity index (χ0n) is 6.77. The van der Waals surface area contributed by atoms with Crippen LogP contribution in [-0.2, 0) is 0 Å². The van der Waals surface area contributed by atoms with Crippen LogP contribution in [0, 0.1) is 0 Å². The van der Waals surface area contributed by atoms with Crippen molar-refractivity contribution in [3.63, 3.8) is 0 Å². The van der Waals surface area contributed by atoms with E-state index in [1.54, 1.807) is 0 Å². The lowest BCUT2D eigenvalue weighted by Crippen LogP contribution is -2.23. The van der Waals surface area contributed by atoms with Crippen LogP contribution >= 0.6 is 15.9 Å². The lowest BCUT2D eigenvalue weighted by atomic mass is 10.2. The predicted octanol–water partition coefficient (Wildman–Crippen LogP) is 0.151. The summed E-state index contributed by atoms with van der Waals surface area (Å²) in [4.78, 5) is 22.5. The van der Waals surface area contributed by atoms with Gasteiger partial charge in [-0.3, -0.25) is 4.98 Å². The molecule has 0 amide bonds. The third kappa shape index (κ3) is 1.33. The van der Waals surface area contributed by atoms with Gasteiger partial charge < -0.3 is 9.90 Å². The van der Waals surface area contributed by atoms with Crippen LogP contribution in [0.1, 0.15) is 10.4 Å². The number of hydrogen-bond acceptors (Lipinski definition) is 5. The number of carboxylic acids is 1. The lowest BCUT2D eigenvalue weighted by molar-refractivity contribution is -0.254. The van der Waals surface area contributed by atoms with Gasteiger partial charge in [0, 0.05) is 28.6 Å². The molecular formula is C8H3BrN3O2-. The molecule has 0 unspecified atom stereocenters. The molecule has 70 valence electrons. The molecule has 0 radical (unpaired) electrons. The topological polar surface area (TPSA) is 78.8 Å². The van der Waals surface area contributed by atoms with Crippen LogP contribution in [-0.4, -0.2) is 20.9 Å². The quantitative estimate of drug-likeness (QED) is 0.722. The molecule has 0 aliphatic heterocycles. The van der Waals surface area contributed by atoms with Crippen molar-refractivity contribution in [3.05, 3.63) is 28.6 Å². The lowest BCUT2D eigenvalue weighted by Gasteiger charge is -2.06. The Morgan fingerprint density at radius 3 is 2.71 bits per heavy atom. The van der Waals surface area contributed by atoms with Crippen molar-refractivity contribution in [1.82, 2.24) is 15.0 Å². The van der Waals surface area contributed by atoms with Crippen molar-refractivity contribution in [1.29, 1.82) is 0 Å². The van der Waals surface area contributed by atoms with Gasteiger partial charge in [0.25, 0.3) is 0 Å². The molecule has 0 bridgehead atoms. The second-order valence-electron chi connectivity index (χ2n) is 2.50. The van der Waals surface area contributed by atoms with Gasteiger partial charge >= 0.3 is 0 Å². The highest BCUT2D eigenvalue weighted by atomic mass is 79.9.